The van der Waals surface area contributed by atoms with Gasteiger partial charge in [-0.3, -0.25) is 10.1 Å². The molecule has 1 N–H and O–H groups in total. The number of rotatable bonds is 5. The fourth-order valence-electron chi connectivity index (χ4n) is 3.15. The second-order valence-electron chi connectivity index (χ2n) is 7.12. The van der Waals surface area contributed by atoms with E-state index in [1.807, 2.05) is 51.1 Å². The van der Waals surface area contributed by atoms with Gasteiger partial charge in [0.2, 0.25) is 0 Å². The van der Waals surface area contributed by atoms with E-state index < -0.39 is 0 Å². The van der Waals surface area contributed by atoms with E-state index in [0.717, 1.165) is 32.7 Å². The Morgan fingerprint density at radius 3 is 2.59 bits per heavy atom. The number of fused-ring (bicyclic) bond motifs is 1. The molecule has 29 heavy (non-hydrogen) atoms. The highest BCUT2D eigenvalue weighted by atomic mass is 32.1. The predicted octanol–water partition coefficient (Wildman–Crippen LogP) is 5.35. The Balaban J connectivity index is 1.53. The molecule has 0 atom stereocenters. The quantitative estimate of drug-likeness (QED) is 0.483. The van der Waals surface area contributed by atoms with Gasteiger partial charge in [0.15, 0.2) is 10.8 Å². The van der Waals surface area contributed by atoms with Crippen molar-refractivity contribution in [3.8, 4) is 5.75 Å². The molecule has 0 saturated carbocycles. The summed E-state index contributed by atoms with van der Waals surface area (Å²) in [6, 6.07) is 12.0. The van der Waals surface area contributed by atoms with E-state index in [-0.39, 0.29) is 18.2 Å². The number of amides is 1. The van der Waals surface area contributed by atoms with Crippen molar-refractivity contribution >= 4 is 32.6 Å². The molecule has 7 heteroatoms. The number of thiazole rings is 1. The summed E-state index contributed by atoms with van der Waals surface area (Å²) in [6.07, 6.45) is 0. The molecule has 4 aromatic rings. The van der Waals surface area contributed by atoms with Crippen molar-refractivity contribution in [3.05, 3.63) is 70.1 Å². The molecular formula is C22H21N3O3S. The Hall–Kier alpha value is -3.19. The SMILES string of the molecule is Cc1cc(C)cc(OCc2c(C(=O)Nc3nc4ccc(C)cc4s3)noc2C)c1. The predicted molar refractivity (Wildman–Crippen MR) is 114 cm³/mol. The van der Waals surface area contributed by atoms with Crippen molar-refractivity contribution in [1.29, 1.82) is 0 Å². The third-order valence-electron chi connectivity index (χ3n) is 4.54. The zero-order chi connectivity index (χ0) is 20.5. The molecular weight excluding hydrogens is 386 g/mol. The number of nitrogens with zero attached hydrogens (tertiary/aromatic N) is 2. The molecule has 0 saturated heterocycles. The number of hydrogen-bond donors (Lipinski definition) is 1. The van der Waals surface area contributed by atoms with Gasteiger partial charge in [-0.1, -0.05) is 28.6 Å². The second kappa shape index (κ2) is 7.67. The average Bonchev–Trinajstić information content (AvgIpc) is 3.21. The van der Waals surface area contributed by atoms with Crippen molar-refractivity contribution in [2.24, 2.45) is 0 Å². The van der Waals surface area contributed by atoms with Crippen LogP contribution in [-0.4, -0.2) is 16.0 Å². The van der Waals surface area contributed by atoms with Crippen LogP contribution in [0.2, 0.25) is 0 Å². The highest BCUT2D eigenvalue weighted by molar-refractivity contribution is 7.22. The minimum absolute atomic E-state index is 0.194. The number of aromatic nitrogens is 2. The highest BCUT2D eigenvalue weighted by Crippen LogP contribution is 2.27. The summed E-state index contributed by atoms with van der Waals surface area (Å²) >= 11 is 1.43. The number of ether oxygens (including phenoxy) is 1. The number of nitrogens with one attached hydrogen (secondary N) is 1. The fraction of sp³-hybridized carbons (Fsp3) is 0.227. The molecule has 2 heterocycles. The molecule has 1 amide bonds. The number of aryl methyl sites for hydroxylation is 4. The summed E-state index contributed by atoms with van der Waals surface area (Å²) in [7, 11) is 0. The van der Waals surface area contributed by atoms with E-state index in [4.69, 9.17) is 9.26 Å². The highest BCUT2D eigenvalue weighted by Gasteiger charge is 2.21. The third-order valence-corrected chi connectivity index (χ3v) is 5.48. The Morgan fingerprint density at radius 1 is 1.07 bits per heavy atom. The maximum atomic E-state index is 12.8. The lowest BCUT2D eigenvalue weighted by molar-refractivity contribution is 0.101. The number of benzene rings is 2. The number of carbonyl (C=O) groups is 1. The van der Waals surface area contributed by atoms with Crippen molar-refractivity contribution in [2.45, 2.75) is 34.3 Å². The smallest absolute Gasteiger partial charge is 0.280 e. The van der Waals surface area contributed by atoms with Crippen LogP contribution in [0.3, 0.4) is 0 Å². The molecule has 0 fully saturated rings. The summed E-state index contributed by atoms with van der Waals surface area (Å²) < 4.78 is 12.2. The van der Waals surface area contributed by atoms with E-state index in [1.54, 1.807) is 6.92 Å². The van der Waals surface area contributed by atoms with Gasteiger partial charge in [0.25, 0.3) is 5.91 Å². The van der Waals surface area contributed by atoms with Crippen molar-refractivity contribution in [2.75, 3.05) is 5.32 Å². The summed E-state index contributed by atoms with van der Waals surface area (Å²) in [5.74, 6) is 0.937. The van der Waals surface area contributed by atoms with Crippen LogP contribution in [0.1, 0.15) is 38.5 Å². The zero-order valence-corrected chi connectivity index (χ0v) is 17.5. The molecule has 0 aliphatic rings. The van der Waals surface area contributed by atoms with Gasteiger partial charge >= 0.3 is 0 Å². The molecule has 148 valence electrons. The zero-order valence-electron chi connectivity index (χ0n) is 16.7. The largest absolute Gasteiger partial charge is 0.489 e. The van der Waals surface area contributed by atoms with Crippen LogP contribution in [0.4, 0.5) is 5.13 Å². The summed E-state index contributed by atoms with van der Waals surface area (Å²) in [4.78, 5) is 17.3. The molecule has 0 spiro atoms. The first-order valence-corrected chi connectivity index (χ1v) is 10.1. The molecule has 4 rings (SSSR count). The number of anilines is 1. The summed E-state index contributed by atoms with van der Waals surface area (Å²) in [5.41, 5.74) is 5.07. The molecule has 0 aliphatic carbocycles. The van der Waals surface area contributed by atoms with Gasteiger partial charge in [0.05, 0.1) is 15.8 Å². The van der Waals surface area contributed by atoms with Gasteiger partial charge in [-0.15, -0.1) is 0 Å². The van der Waals surface area contributed by atoms with Gasteiger partial charge in [-0.05, 0) is 68.7 Å². The van der Waals surface area contributed by atoms with Crippen LogP contribution in [0, 0.1) is 27.7 Å². The normalized spacial score (nSPS) is 11.0. The lowest BCUT2D eigenvalue weighted by Crippen LogP contribution is -2.15. The standard InChI is InChI=1S/C22H21N3O3S/c1-12-5-6-18-19(10-12)29-22(23-18)24-21(26)20-17(15(4)28-25-20)11-27-16-8-13(2)7-14(3)9-16/h5-10H,11H2,1-4H3,(H,23,24,26). The van der Waals surface area contributed by atoms with Crippen LogP contribution >= 0.6 is 11.3 Å². The molecule has 6 nitrogen and oxygen atoms in total. The van der Waals surface area contributed by atoms with Crippen molar-refractivity contribution in [1.82, 2.24) is 10.1 Å². The van der Waals surface area contributed by atoms with Crippen LogP contribution in [0.15, 0.2) is 40.9 Å². The molecule has 0 unspecified atom stereocenters. The van der Waals surface area contributed by atoms with E-state index in [9.17, 15) is 4.79 Å². The Morgan fingerprint density at radius 2 is 1.83 bits per heavy atom. The lowest BCUT2D eigenvalue weighted by atomic mass is 10.1. The van der Waals surface area contributed by atoms with E-state index in [1.165, 1.54) is 11.3 Å². The van der Waals surface area contributed by atoms with Crippen LogP contribution in [-0.2, 0) is 6.61 Å². The Bertz CT molecular complexity index is 1190. The van der Waals surface area contributed by atoms with Crippen LogP contribution < -0.4 is 10.1 Å². The first-order valence-electron chi connectivity index (χ1n) is 9.24. The van der Waals surface area contributed by atoms with Gasteiger partial charge in [0.1, 0.15) is 18.1 Å². The third kappa shape index (κ3) is 4.14. The first kappa shape index (κ1) is 19.1. The monoisotopic (exact) mass is 407 g/mol. The molecule has 0 radical (unpaired) electrons. The number of carbonyl (C=O) groups excluding carboxylic acids is 1. The lowest BCUT2D eigenvalue weighted by Gasteiger charge is -2.08. The number of hydrogen-bond acceptors (Lipinski definition) is 6. The fourth-order valence-corrected chi connectivity index (χ4v) is 4.11. The van der Waals surface area contributed by atoms with Gasteiger partial charge in [0, 0.05) is 0 Å². The van der Waals surface area contributed by atoms with Gasteiger partial charge in [-0.2, -0.15) is 0 Å². The van der Waals surface area contributed by atoms with Crippen LogP contribution in [0.25, 0.3) is 10.2 Å². The Labute approximate surface area is 172 Å². The van der Waals surface area contributed by atoms with Crippen molar-refractivity contribution < 1.29 is 14.1 Å². The molecule has 2 aromatic heterocycles. The van der Waals surface area contributed by atoms with E-state index >= 15 is 0 Å². The maximum Gasteiger partial charge on any atom is 0.280 e. The van der Waals surface area contributed by atoms with Gasteiger partial charge < -0.3 is 9.26 Å². The molecule has 0 aliphatic heterocycles. The van der Waals surface area contributed by atoms with E-state index in [0.29, 0.717) is 16.5 Å². The minimum Gasteiger partial charge on any atom is -0.489 e. The summed E-state index contributed by atoms with van der Waals surface area (Å²) in [6.45, 7) is 8.02. The maximum absolute atomic E-state index is 12.8. The second-order valence-corrected chi connectivity index (χ2v) is 8.15. The Kier molecular flexibility index (Phi) is 5.07. The first-order chi connectivity index (χ1) is 13.9. The molecule has 2 aromatic carbocycles. The van der Waals surface area contributed by atoms with Gasteiger partial charge in [-0.25, -0.2) is 4.98 Å². The summed E-state index contributed by atoms with van der Waals surface area (Å²) in [5, 5.41) is 7.29. The average molecular weight is 407 g/mol. The topological polar surface area (TPSA) is 77.2 Å². The van der Waals surface area contributed by atoms with Crippen LogP contribution in [0.5, 0.6) is 5.75 Å². The van der Waals surface area contributed by atoms with E-state index in [2.05, 4.69) is 21.5 Å². The van der Waals surface area contributed by atoms with Crippen molar-refractivity contribution in [3.63, 3.8) is 0 Å². The minimum atomic E-state index is -0.364. The molecule has 0 bridgehead atoms.